The molecule has 1 amide bonds. The third kappa shape index (κ3) is 2.98. The maximum atomic E-state index is 11.5. The summed E-state index contributed by atoms with van der Waals surface area (Å²) in [6, 6.07) is 3.92. The molecule has 0 aliphatic rings. The van der Waals surface area contributed by atoms with Crippen molar-refractivity contribution in [2.24, 2.45) is 0 Å². The molecule has 0 radical (unpaired) electrons. The molecule has 0 saturated heterocycles. The molecule has 0 atom stereocenters. The Morgan fingerprint density at radius 2 is 2.27 bits per heavy atom. The Kier molecular flexibility index (Phi) is 3.72. The van der Waals surface area contributed by atoms with Gasteiger partial charge in [-0.1, -0.05) is 6.58 Å². The van der Waals surface area contributed by atoms with Gasteiger partial charge >= 0.3 is 0 Å². The number of nitrogens with zero attached hydrogens (tertiary/aromatic N) is 1. The largest absolute Gasteiger partial charge is 0.464 e. The molecule has 1 aromatic rings. The Morgan fingerprint density at radius 3 is 2.67 bits per heavy atom. The summed E-state index contributed by atoms with van der Waals surface area (Å²) in [7, 11) is 0. The van der Waals surface area contributed by atoms with Gasteiger partial charge in [-0.3, -0.25) is 4.79 Å². The fraction of sp³-hybridized carbons (Fsp3) is 0.417. The monoisotopic (exact) mass is 207 g/mol. The predicted octanol–water partition coefficient (Wildman–Crippen LogP) is 2.51. The first-order valence-corrected chi connectivity index (χ1v) is 5.03. The third-order valence-electron chi connectivity index (χ3n) is 2.20. The lowest BCUT2D eigenvalue weighted by atomic mass is 10.3. The zero-order valence-corrected chi connectivity index (χ0v) is 9.49. The van der Waals surface area contributed by atoms with Crippen molar-refractivity contribution in [3.63, 3.8) is 0 Å². The molecule has 1 rings (SSSR count). The van der Waals surface area contributed by atoms with Crippen molar-refractivity contribution < 1.29 is 9.21 Å². The first-order valence-electron chi connectivity index (χ1n) is 5.03. The SMILES string of the molecule is C=CC(=O)N(Cc1ccc(C)o1)C(C)C. The van der Waals surface area contributed by atoms with Gasteiger partial charge in [0.2, 0.25) is 5.91 Å². The van der Waals surface area contributed by atoms with Crippen LogP contribution in [0, 0.1) is 6.92 Å². The van der Waals surface area contributed by atoms with E-state index in [0.29, 0.717) is 6.54 Å². The first-order chi connectivity index (χ1) is 7.04. The summed E-state index contributed by atoms with van der Waals surface area (Å²) in [5, 5.41) is 0. The lowest BCUT2D eigenvalue weighted by molar-refractivity contribution is -0.128. The molecule has 0 N–H and O–H groups in total. The number of furan rings is 1. The van der Waals surface area contributed by atoms with E-state index in [1.165, 1.54) is 6.08 Å². The number of amides is 1. The predicted molar refractivity (Wildman–Crippen MR) is 59.3 cm³/mol. The van der Waals surface area contributed by atoms with Crippen LogP contribution in [0.2, 0.25) is 0 Å². The molecular weight excluding hydrogens is 190 g/mol. The van der Waals surface area contributed by atoms with Gasteiger partial charge in [0.15, 0.2) is 0 Å². The lowest BCUT2D eigenvalue weighted by Gasteiger charge is -2.24. The second kappa shape index (κ2) is 4.82. The van der Waals surface area contributed by atoms with Crippen molar-refractivity contribution >= 4 is 5.91 Å². The summed E-state index contributed by atoms with van der Waals surface area (Å²) in [4.78, 5) is 13.2. The Balaban J connectivity index is 2.75. The van der Waals surface area contributed by atoms with Crippen molar-refractivity contribution in [3.8, 4) is 0 Å². The van der Waals surface area contributed by atoms with Crippen LogP contribution in [0.1, 0.15) is 25.4 Å². The number of aryl methyl sites for hydroxylation is 1. The highest BCUT2D eigenvalue weighted by Gasteiger charge is 2.15. The van der Waals surface area contributed by atoms with Gasteiger partial charge in [0.25, 0.3) is 0 Å². The maximum absolute atomic E-state index is 11.5. The van der Waals surface area contributed by atoms with Gasteiger partial charge in [-0.25, -0.2) is 0 Å². The average Bonchev–Trinajstić information content (AvgIpc) is 2.59. The van der Waals surface area contributed by atoms with Gasteiger partial charge in [-0.2, -0.15) is 0 Å². The van der Waals surface area contributed by atoms with E-state index in [1.807, 2.05) is 32.9 Å². The minimum atomic E-state index is -0.0703. The molecule has 0 unspecified atom stereocenters. The average molecular weight is 207 g/mol. The van der Waals surface area contributed by atoms with Crippen molar-refractivity contribution in [1.82, 2.24) is 4.90 Å². The maximum Gasteiger partial charge on any atom is 0.246 e. The van der Waals surface area contributed by atoms with E-state index in [2.05, 4.69) is 6.58 Å². The number of hydrogen-bond donors (Lipinski definition) is 0. The quantitative estimate of drug-likeness (QED) is 0.711. The minimum Gasteiger partial charge on any atom is -0.464 e. The highest BCUT2D eigenvalue weighted by atomic mass is 16.3. The molecule has 15 heavy (non-hydrogen) atoms. The van der Waals surface area contributed by atoms with E-state index < -0.39 is 0 Å². The van der Waals surface area contributed by atoms with Crippen LogP contribution in [0.5, 0.6) is 0 Å². The van der Waals surface area contributed by atoms with E-state index in [0.717, 1.165) is 11.5 Å². The van der Waals surface area contributed by atoms with Crippen LogP contribution in [0.4, 0.5) is 0 Å². The zero-order chi connectivity index (χ0) is 11.4. The first kappa shape index (κ1) is 11.6. The molecule has 0 bridgehead atoms. The standard InChI is InChI=1S/C12H17NO2/c1-5-12(14)13(9(2)3)8-11-7-6-10(4)15-11/h5-7,9H,1,8H2,2-4H3. The third-order valence-corrected chi connectivity index (χ3v) is 2.20. The van der Waals surface area contributed by atoms with Gasteiger partial charge in [-0.15, -0.1) is 0 Å². The summed E-state index contributed by atoms with van der Waals surface area (Å²) in [5.74, 6) is 1.59. The van der Waals surface area contributed by atoms with E-state index in [1.54, 1.807) is 4.90 Å². The Morgan fingerprint density at radius 1 is 1.60 bits per heavy atom. The van der Waals surface area contributed by atoms with Crippen LogP contribution in [0.25, 0.3) is 0 Å². The molecule has 0 aliphatic carbocycles. The highest BCUT2D eigenvalue weighted by molar-refractivity contribution is 5.87. The van der Waals surface area contributed by atoms with Crippen LogP contribution < -0.4 is 0 Å². The van der Waals surface area contributed by atoms with E-state index in [4.69, 9.17) is 4.42 Å². The van der Waals surface area contributed by atoms with Crippen molar-refractivity contribution in [2.45, 2.75) is 33.4 Å². The number of carbonyl (C=O) groups is 1. The van der Waals surface area contributed by atoms with Gasteiger partial charge in [-0.05, 0) is 39.0 Å². The molecule has 3 nitrogen and oxygen atoms in total. The normalized spacial score (nSPS) is 10.4. The Labute approximate surface area is 90.4 Å². The molecule has 0 aliphatic heterocycles. The van der Waals surface area contributed by atoms with Gasteiger partial charge in [0.1, 0.15) is 11.5 Å². The summed E-state index contributed by atoms with van der Waals surface area (Å²) in [6.07, 6.45) is 1.33. The molecule has 0 fully saturated rings. The molecule has 82 valence electrons. The molecule has 0 saturated carbocycles. The molecule has 0 aromatic carbocycles. The van der Waals surface area contributed by atoms with Crippen LogP contribution >= 0.6 is 0 Å². The summed E-state index contributed by atoms with van der Waals surface area (Å²) in [5.41, 5.74) is 0. The molecular formula is C12H17NO2. The topological polar surface area (TPSA) is 33.5 Å². The van der Waals surface area contributed by atoms with Crippen LogP contribution in [-0.4, -0.2) is 16.8 Å². The second-order valence-electron chi connectivity index (χ2n) is 3.78. The summed E-state index contributed by atoms with van der Waals surface area (Å²) < 4.78 is 5.43. The smallest absolute Gasteiger partial charge is 0.246 e. The number of rotatable bonds is 4. The number of carbonyl (C=O) groups excluding carboxylic acids is 1. The summed E-state index contributed by atoms with van der Waals surface area (Å²) in [6.45, 7) is 9.81. The van der Waals surface area contributed by atoms with E-state index >= 15 is 0 Å². The molecule has 0 spiro atoms. The molecule has 1 aromatic heterocycles. The number of hydrogen-bond acceptors (Lipinski definition) is 2. The van der Waals surface area contributed by atoms with E-state index in [-0.39, 0.29) is 11.9 Å². The Bertz CT molecular complexity index is 352. The minimum absolute atomic E-state index is 0.0703. The van der Waals surface area contributed by atoms with Crippen LogP contribution in [-0.2, 0) is 11.3 Å². The fourth-order valence-electron chi connectivity index (χ4n) is 1.37. The lowest BCUT2D eigenvalue weighted by Crippen LogP contribution is -2.34. The zero-order valence-electron chi connectivity index (χ0n) is 9.49. The fourth-order valence-corrected chi connectivity index (χ4v) is 1.37. The Hall–Kier alpha value is -1.51. The second-order valence-corrected chi connectivity index (χ2v) is 3.78. The van der Waals surface area contributed by atoms with Gasteiger partial charge < -0.3 is 9.32 Å². The molecule has 3 heteroatoms. The van der Waals surface area contributed by atoms with Crippen molar-refractivity contribution in [1.29, 1.82) is 0 Å². The summed E-state index contributed by atoms with van der Waals surface area (Å²) >= 11 is 0. The van der Waals surface area contributed by atoms with Crippen molar-refractivity contribution in [2.75, 3.05) is 0 Å². The van der Waals surface area contributed by atoms with Crippen LogP contribution in [0.3, 0.4) is 0 Å². The van der Waals surface area contributed by atoms with E-state index in [9.17, 15) is 4.79 Å². The van der Waals surface area contributed by atoms with Crippen LogP contribution in [0.15, 0.2) is 29.2 Å². The van der Waals surface area contributed by atoms with Crippen molar-refractivity contribution in [3.05, 3.63) is 36.3 Å². The highest BCUT2D eigenvalue weighted by Crippen LogP contribution is 2.12. The molecule has 1 heterocycles. The van der Waals surface area contributed by atoms with Gasteiger partial charge in [0, 0.05) is 6.04 Å². The van der Waals surface area contributed by atoms with Gasteiger partial charge in [0.05, 0.1) is 6.54 Å².